The van der Waals surface area contributed by atoms with Crippen molar-refractivity contribution >= 4 is 34.0 Å². The molecule has 9 heteroatoms. The van der Waals surface area contributed by atoms with Crippen LogP contribution in [0, 0.1) is 0 Å². The van der Waals surface area contributed by atoms with E-state index in [1.54, 1.807) is 6.20 Å². The minimum Gasteiger partial charge on any atom is -0.378 e. The number of H-pyrrole nitrogens is 1. The van der Waals surface area contributed by atoms with Gasteiger partial charge in [0.1, 0.15) is 16.9 Å². The summed E-state index contributed by atoms with van der Waals surface area (Å²) < 4.78 is 5.45. The molecule has 1 aromatic carbocycles. The highest BCUT2D eigenvalue weighted by Crippen LogP contribution is 2.28. The SMILES string of the molecule is c1cc(N2CCOCC2)ccc1Nc1nc(-c2ccc(N3CCCC3)nc2)nc2cn[nH]c12. The molecule has 0 unspecified atom stereocenters. The lowest BCUT2D eigenvalue weighted by molar-refractivity contribution is 0.122. The van der Waals surface area contributed by atoms with Gasteiger partial charge in [0.25, 0.3) is 0 Å². The summed E-state index contributed by atoms with van der Waals surface area (Å²) in [5.41, 5.74) is 4.57. The molecule has 9 nitrogen and oxygen atoms in total. The highest BCUT2D eigenvalue weighted by Gasteiger charge is 2.16. The largest absolute Gasteiger partial charge is 0.378 e. The number of aromatic amines is 1. The van der Waals surface area contributed by atoms with E-state index in [0.717, 1.165) is 67.5 Å². The third-order valence-corrected chi connectivity index (χ3v) is 6.24. The maximum Gasteiger partial charge on any atom is 0.163 e. The summed E-state index contributed by atoms with van der Waals surface area (Å²) >= 11 is 0. The molecule has 0 aliphatic carbocycles. The zero-order valence-electron chi connectivity index (χ0n) is 18.4. The maximum atomic E-state index is 5.45. The van der Waals surface area contributed by atoms with Gasteiger partial charge in [-0.2, -0.15) is 5.10 Å². The lowest BCUT2D eigenvalue weighted by atomic mass is 10.2. The van der Waals surface area contributed by atoms with Gasteiger partial charge in [-0.05, 0) is 49.2 Å². The van der Waals surface area contributed by atoms with Crippen molar-refractivity contribution < 1.29 is 4.74 Å². The number of hydrogen-bond acceptors (Lipinski definition) is 8. The second kappa shape index (κ2) is 8.67. The zero-order chi connectivity index (χ0) is 22.0. The lowest BCUT2D eigenvalue weighted by Gasteiger charge is -2.28. The Kier molecular flexibility index (Phi) is 5.23. The van der Waals surface area contributed by atoms with Crippen molar-refractivity contribution in [3.05, 3.63) is 48.8 Å². The van der Waals surface area contributed by atoms with Gasteiger partial charge in [-0.15, -0.1) is 0 Å². The number of nitrogens with one attached hydrogen (secondary N) is 2. The van der Waals surface area contributed by atoms with Gasteiger partial charge in [0.2, 0.25) is 0 Å². The summed E-state index contributed by atoms with van der Waals surface area (Å²) in [6.45, 7) is 5.53. The molecular formula is C24H26N8O. The summed E-state index contributed by atoms with van der Waals surface area (Å²) in [6, 6.07) is 12.5. The average molecular weight is 443 g/mol. The van der Waals surface area contributed by atoms with Gasteiger partial charge < -0.3 is 19.9 Å². The Balaban J connectivity index is 1.26. The predicted molar refractivity (Wildman–Crippen MR) is 129 cm³/mol. The fourth-order valence-corrected chi connectivity index (χ4v) is 4.42. The topological polar surface area (TPSA) is 95.1 Å². The summed E-state index contributed by atoms with van der Waals surface area (Å²) in [7, 11) is 0. The van der Waals surface area contributed by atoms with E-state index in [4.69, 9.17) is 14.7 Å². The van der Waals surface area contributed by atoms with E-state index in [0.29, 0.717) is 11.6 Å². The number of nitrogens with zero attached hydrogens (tertiary/aromatic N) is 6. The number of aromatic nitrogens is 5. The first kappa shape index (κ1) is 19.9. The summed E-state index contributed by atoms with van der Waals surface area (Å²) in [6.07, 6.45) is 6.04. The maximum absolute atomic E-state index is 5.45. The quantitative estimate of drug-likeness (QED) is 0.484. The van der Waals surface area contributed by atoms with E-state index in [9.17, 15) is 0 Å². The van der Waals surface area contributed by atoms with Crippen molar-refractivity contribution in [2.24, 2.45) is 0 Å². The van der Waals surface area contributed by atoms with Crippen molar-refractivity contribution in [3.63, 3.8) is 0 Å². The summed E-state index contributed by atoms with van der Waals surface area (Å²) in [5.74, 6) is 2.33. The molecule has 0 spiro atoms. The normalized spacial score (nSPS) is 16.5. The van der Waals surface area contributed by atoms with Crippen LogP contribution in [0.5, 0.6) is 0 Å². The van der Waals surface area contributed by atoms with Crippen LogP contribution in [0.15, 0.2) is 48.8 Å². The molecule has 2 aliphatic rings. The number of hydrogen-bond donors (Lipinski definition) is 2. The molecule has 0 amide bonds. The van der Waals surface area contributed by atoms with Crippen LogP contribution in [-0.2, 0) is 4.74 Å². The van der Waals surface area contributed by atoms with Crippen LogP contribution < -0.4 is 15.1 Å². The third kappa shape index (κ3) is 4.07. The van der Waals surface area contributed by atoms with Gasteiger partial charge in [-0.1, -0.05) is 0 Å². The molecule has 4 aromatic rings. The Morgan fingerprint density at radius 1 is 0.848 bits per heavy atom. The molecule has 0 saturated carbocycles. The first-order valence-electron chi connectivity index (χ1n) is 11.5. The van der Waals surface area contributed by atoms with Gasteiger partial charge in [0.15, 0.2) is 11.6 Å². The molecule has 2 N–H and O–H groups in total. The highest BCUT2D eigenvalue weighted by molar-refractivity contribution is 5.88. The molecule has 5 heterocycles. The van der Waals surface area contributed by atoms with Gasteiger partial charge in [0, 0.05) is 49.3 Å². The van der Waals surface area contributed by atoms with Gasteiger partial charge in [-0.3, -0.25) is 5.10 Å². The Morgan fingerprint density at radius 3 is 2.42 bits per heavy atom. The molecule has 33 heavy (non-hydrogen) atoms. The van der Waals surface area contributed by atoms with Crippen molar-refractivity contribution in [2.45, 2.75) is 12.8 Å². The van der Waals surface area contributed by atoms with Crippen LogP contribution in [0.3, 0.4) is 0 Å². The Hall–Kier alpha value is -3.72. The van der Waals surface area contributed by atoms with Crippen LogP contribution in [0.25, 0.3) is 22.4 Å². The van der Waals surface area contributed by atoms with Gasteiger partial charge in [0.05, 0.1) is 19.4 Å². The molecular weight excluding hydrogens is 416 g/mol. The average Bonchev–Trinajstić information content (AvgIpc) is 3.58. The minimum atomic E-state index is 0.622. The second-order valence-electron chi connectivity index (χ2n) is 8.40. The third-order valence-electron chi connectivity index (χ3n) is 6.24. The van der Waals surface area contributed by atoms with Crippen molar-refractivity contribution in [3.8, 4) is 11.4 Å². The van der Waals surface area contributed by atoms with E-state index in [1.807, 2.05) is 12.3 Å². The number of fused-ring (bicyclic) bond motifs is 1. The molecule has 168 valence electrons. The van der Waals surface area contributed by atoms with Crippen LogP contribution in [0.4, 0.5) is 23.0 Å². The van der Waals surface area contributed by atoms with Crippen LogP contribution in [0.2, 0.25) is 0 Å². The second-order valence-corrected chi connectivity index (χ2v) is 8.40. The van der Waals surface area contributed by atoms with Crippen molar-refractivity contribution in [1.29, 1.82) is 0 Å². The monoisotopic (exact) mass is 442 g/mol. The Bertz CT molecular complexity index is 1230. The van der Waals surface area contributed by atoms with Crippen molar-refractivity contribution in [1.82, 2.24) is 25.1 Å². The molecule has 0 bridgehead atoms. The number of ether oxygens (including phenoxy) is 1. The van der Waals surface area contributed by atoms with E-state index in [2.05, 4.69) is 60.6 Å². The molecule has 0 radical (unpaired) electrons. The number of rotatable bonds is 5. The van der Waals surface area contributed by atoms with E-state index < -0.39 is 0 Å². The van der Waals surface area contributed by atoms with Crippen LogP contribution >= 0.6 is 0 Å². The molecule has 2 aliphatic heterocycles. The van der Waals surface area contributed by atoms with Gasteiger partial charge in [-0.25, -0.2) is 15.0 Å². The molecule has 2 fully saturated rings. The molecule has 3 aromatic heterocycles. The predicted octanol–water partition coefficient (Wildman–Crippen LogP) is 3.60. The highest BCUT2D eigenvalue weighted by atomic mass is 16.5. The van der Waals surface area contributed by atoms with E-state index in [1.165, 1.54) is 18.5 Å². The lowest BCUT2D eigenvalue weighted by Crippen LogP contribution is -2.36. The number of pyridine rings is 1. The fraction of sp³-hybridized carbons (Fsp3) is 0.333. The van der Waals surface area contributed by atoms with E-state index >= 15 is 0 Å². The summed E-state index contributed by atoms with van der Waals surface area (Å²) in [5, 5.41) is 10.6. The number of anilines is 4. The van der Waals surface area contributed by atoms with E-state index in [-0.39, 0.29) is 0 Å². The summed E-state index contributed by atoms with van der Waals surface area (Å²) in [4.78, 5) is 18.8. The fourth-order valence-electron chi connectivity index (χ4n) is 4.42. The zero-order valence-corrected chi connectivity index (χ0v) is 18.4. The Labute approximate surface area is 191 Å². The Morgan fingerprint density at radius 2 is 1.67 bits per heavy atom. The smallest absolute Gasteiger partial charge is 0.163 e. The van der Waals surface area contributed by atoms with Gasteiger partial charge >= 0.3 is 0 Å². The minimum absolute atomic E-state index is 0.622. The molecule has 6 rings (SSSR count). The molecule has 0 atom stereocenters. The van der Waals surface area contributed by atoms with Crippen LogP contribution in [-0.4, -0.2) is 64.5 Å². The number of morpholine rings is 1. The first-order chi connectivity index (χ1) is 16.3. The number of benzene rings is 1. The first-order valence-corrected chi connectivity index (χ1v) is 11.5. The van der Waals surface area contributed by atoms with Crippen LogP contribution in [0.1, 0.15) is 12.8 Å². The standard InChI is InChI=1S/C24H26N8O/c1-2-10-32(9-1)21-8-3-17(15-25-21)23-28-20-16-26-30-22(20)24(29-23)27-18-4-6-19(7-5-18)31-11-13-33-14-12-31/h3-8,15-16H,1-2,9-14H2,(H,26,30)(H,27,28,29). The van der Waals surface area contributed by atoms with Crippen molar-refractivity contribution in [2.75, 3.05) is 54.5 Å². The molecule has 2 saturated heterocycles.